The molecule has 0 radical (unpaired) electrons. The Morgan fingerprint density at radius 3 is 2.54 bits per heavy atom. The minimum Gasteiger partial charge on any atom is -0.456 e. The van der Waals surface area contributed by atoms with E-state index in [-0.39, 0.29) is 17.9 Å². The average Bonchev–Trinajstić information content (AvgIpc) is 3.08. The van der Waals surface area contributed by atoms with Crippen LogP contribution < -0.4 is 5.32 Å². The fourth-order valence-electron chi connectivity index (χ4n) is 3.04. The summed E-state index contributed by atoms with van der Waals surface area (Å²) in [6.07, 6.45) is 1.54. The standard InChI is InChI=1S/C20H24N2O3S/c1-14-5-3-4-6-18(14)26-13-19(23)22-11-9-16(10-12-22)21-20(24)17-8-7-15(2)25-17/h3-8,16H,9-13H2,1-2H3,(H,21,24). The van der Waals surface area contributed by atoms with Gasteiger partial charge < -0.3 is 14.6 Å². The van der Waals surface area contributed by atoms with Gasteiger partial charge in [-0.1, -0.05) is 18.2 Å². The van der Waals surface area contributed by atoms with Crippen LogP contribution in [0.15, 0.2) is 45.7 Å². The number of thioether (sulfide) groups is 1. The first kappa shape index (κ1) is 18.6. The predicted octanol–water partition coefficient (Wildman–Crippen LogP) is 3.41. The molecule has 0 bridgehead atoms. The molecule has 1 aromatic carbocycles. The van der Waals surface area contributed by atoms with Crippen molar-refractivity contribution in [2.75, 3.05) is 18.8 Å². The predicted molar refractivity (Wildman–Crippen MR) is 102 cm³/mol. The molecule has 0 saturated carbocycles. The van der Waals surface area contributed by atoms with Crippen molar-refractivity contribution >= 4 is 23.6 Å². The molecule has 2 amide bonds. The van der Waals surface area contributed by atoms with Crippen molar-refractivity contribution in [1.29, 1.82) is 0 Å². The summed E-state index contributed by atoms with van der Waals surface area (Å²) in [5.41, 5.74) is 1.19. The SMILES string of the molecule is Cc1ccc(C(=O)NC2CCN(C(=O)CSc3ccccc3C)CC2)o1. The highest BCUT2D eigenvalue weighted by Gasteiger charge is 2.24. The highest BCUT2D eigenvalue weighted by Crippen LogP contribution is 2.23. The zero-order chi connectivity index (χ0) is 18.5. The van der Waals surface area contributed by atoms with Gasteiger partial charge in [0.1, 0.15) is 5.76 Å². The topological polar surface area (TPSA) is 62.6 Å². The second kappa shape index (κ2) is 8.45. The first-order chi connectivity index (χ1) is 12.5. The molecular formula is C20H24N2O3S. The van der Waals surface area contributed by atoms with Gasteiger partial charge in [0.05, 0.1) is 5.75 Å². The molecule has 2 aromatic rings. The van der Waals surface area contributed by atoms with Crippen LogP contribution >= 0.6 is 11.8 Å². The summed E-state index contributed by atoms with van der Waals surface area (Å²) in [4.78, 5) is 27.6. The van der Waals surface area contributed by atoms with E-state index in [4.69, 9.17) is 4.42 Å². The van der Waals surface area contributed by atoms with E-state index in [0.29, 0.717) is 24.6 Å². The Morgan fingerprint density at radius 1 is 1.15 bits per heavy atom. The maximum absolute atomic E-state index is 12.4. The summed E-state index contributed by atoms with van der Waals surface area (Å²) in [6.45, 7) is 5.22. The van der Waals surface area contributed by atoms with Crippen molar-refractivity contribution in [1.82, 2.24) is 10.2 Å². The van der Waals surface area contributed by atoms with Crippen LogP contribution in [0.5, 0.6) is 0 Å². The van der Waals surface area contributed by atoms with E-state index in [0.717, 1.165) is 23.5 Å². The van der Waals surface area contributed by atoms with Crippen molar-refractivity contribution in [2.45, 2.75) is 37.6 Å². The van der Waals surface area contributed by atoms with Crippen molar-refractivity contribution in [3.8, 4) is 0 Å². The number of aryl methyl sites for hydroxylation is 2. The zero-order valence-corrected chi connectivity index (χ0v) is 16.0. The van der Waals surface area contributed by atoms with Crippen LogP contribution in [-0.2, 0) is 4.79 Å². The van der Waals surface area contributed by atoms with Gasteiger partial charge in [0, 0.05) is 24.0 Å². The highest BCUT2D eigenvalue weighted by atomic mass is 32.2. The Hall–Kier alpha value is -2.21. The summed E-state index contributed by atoms with van der Waals surface area (Å²) in [7, 11) is 0. The number of nitrogens with one attached hydrogen (secondary N) is 1. The zero-order valence-electron chi connectivity index (χ0n) is 15.2. The van der Waals surface area contributed by atoms with Crippen LogP contribution in [0.2, 0.25) is 0 Å². The normalized spacial score (nSPS) is 15.1. The summed E-state index contributed by atoms with van der Waals surface area (Å²) in [5.74, 6) is 1.49. The van der Waals surface area contributed by atoms with Gasteiger partial charge in [0.15, 0.2) is 5.76 Å². The molecule has 0 unspecified atom stereocenters. The third kappa shape index (κ3) is 4.69. The number of rotatable bonds is 5. The van der Waals surface area contributed by atoms with Gasteiger partial charge in [-0.15, -0.1) is 11.8 Å². The smallest absolute Gasteiger partial charge is 0.287 e. The Bertz CT molecular complexity index is 779. The molecule has 3 rings (SSSR count). The molecule has 0 spiro atoms. The molecule has 138 valence electrons. The number of likely N-dealkylation sites (tertiary alicyclic amines) is 1. The third-order valence-corrected chi connectivity index (χ3v) is 5.75. The summed E-state index contributed by atoms with van der Waals surface area (Å²) < 4.78 is 5.35. The lowest BCUT2D eigenvalue weighted by Crippen LogP contribution is -2.47. The molecule has 0 atom stereocenters. The van der Waals surface area contributed by atoms with Crippen LogP contribution in [0.4, 0.5) is 0 Å². The Morgan fingerprint density at radius 2 is 1.88 bits per heavy atom. The lowest BCUT2D eigenvalue weighted by Gasteiger charge is -2.32. The van der Waals surface area contributed by atoms with E-state index in [1.54, 1.807) is 23.9 Å². The summed E-state index contributed by atoms with van der Waals surface area (Å²) >= 11 is 1.59. The lowest BCUT2D eigenvalue weighted by atomic mass is 10.0. The number of hydrogen-bond acceptors (Lipinski definition) is 4. The molecular weight excluding hydrogens is 348 g/mol. The van der Waals surface area contributed by atoms with Crippen molar-refractivity contribution in [2.24, 2.45) is 0 Å². The minimum absolute atomic E-state index is 0.0842. The number of carbonyl (C=O) groups is 2. The van der Waals surface area contributed by atoms with Crippen LogP contribution in [0, 0.1) is 13.8 Å². The number of benzene rings is 1. The lowest BCUT2D eigenvalue weighted by molar-refractivity contribution is -0.129. The summed E-state index contributed by atoms with van der Waals surface area (Å²) in [5, 5.41) is 3.00. The van der Waals surface area contributed by atoms with E-state index >= 15 is 0 Å². The van der Waals surface area contributed by atoms with E-state index in [1.807, 2.05) is 30.0 Å². The fraction of sp³-hybridized carbons (Fsp3) is 0.400. The minimum atomic E-state index is -0.182. The van der Waals surface area contributed by atoms with Crippen LogP contribution in [0.1, 0.15) is 34.7 Å². The first-order valence-electron chi connectivity index (χ1n) is 8.86. The van der Waals surface area contributed by atoms with E-state index in [2.05, 4.69) is 18.3 Å². The first-order valence-corrected chi connectivity index (χ1v) is 9.85. The number of piperidine rings is 1. The number of hydrogen-bond donors (Lipinski definition) is 1. The van der Waals surface area contributed by atoms with E-state index < -0.39 is 0 Å². The van der Waals surface area contributed by atoms with Gasteiger partial charge in [-0.2, -0.15) is 0 Å². The van der Waals surface area contributed by atoms with Gasteiger partial charge >= 0.3 is 0 Å². The molecule has 1 saturated heterocycles. The molecule has 1 aliphatic rings. The molecule has 0 aliphatic carbocycles. The second-order valence-electron chi connectivity index (χ2n) is 6.59. The Labute approximate surface area is 158 Å². The number of furan rings is 1. The van der Waals surface area contributed by atoms with E-state index in [9.17, 15) is 9.59 Å². The molecule has 1 aromatic heterocycles. The van der Waals surface area contributed by atoms with Crippen molar-refractivity contribution in [3.63, 3.8) is 0 Å². The fourth-order valence-corrected chi connectivity index (χ4v) is 3.97. The highest BCUT2D eigenvalue weighted by molar-refractivity contribution is 8.00. The maximum Gasteiger partial charge on any atom is 0.287 e. The van der Waals surface area contributed by atoms with Gasteiger partial charge in [-0.3, -0.25) is 9.59 Å². The monoisotopic (exact) mass is 372 g/mol. The molecule has 26 heavy (non-hydrogen) atoms. The molecule has 5 nitrogen and oxygen atoms in total. The van der Waals surface area contributed by atoms with Crippen LogP contribution in [-0.4, -0.2) is 41.6 Å². The number of nitrogens with zero attached hydrogens (tertiary/aromatic N) is 1. The number of carbonyl (C=O) groups excluding carboxylic acids is 2. The second-order valence-corrected chi connectivity index (χ2v) is 7.61. The molecule has 2 heterocycles. The number of amides is 2. The Kier molecular flexibility index (Phi) is 6.04. The quantitative estimate of drug-likeness (QED) is 0.817. The third-order valence-electron chi connectivity index (χ3n) is 4.59. The van der Waals surface area contributed by atoms with Gasteiger partial charge in [-0.05, 0) is 50.5 Å². The Balaban J connectivity index is 1.43. The molecule has 1 fully saturated rings. The van der Waals surface area contributed by atoms with E-state index in [1.165, 1.54) is 5.56 Å². The van der Waals surface area contributed by atoms with Crippen LogP contribution in [0.25, 0.3) is 0 Å². The molecule has 6 heteroatoms. The maximum atomic E-state index is 12.4. The molecule has 1 N–H and O–H groups in total. The summed E-state index contributed by atoms with van der Waals surface area (Å²) in [6, 6.07) is 11.7. The van der Waals surface area contributed by atoms with Gasteiger partial charge in [0.2, 0.25) is 5.91 Å². The van der Waals surface area contributed by atoms with Gasteiger partial charge in [0.25, 0.3) is 5.91 Å². The largest absolute Gasteiger partial charge is 0.456 e. The van der Waals surface area contributed by atoms with Gasteiger partial charge in [-0.25, -0.2) is 0 Å². The van der Waals surface area contributed by atoms with Crippen LogP contribution in [0.3, 0.4) is 0 Å². The van der Waals surface area contributed by atoms with Crippen molar-refractivity contribution < 1.29 is 14.0 Å². The van der Waals surface area contributed by atoms with Crippen molar-refractivity contribution in [3.05, 3.63) is 53.5 Å². The molecule has 1 aliphatic heterocycles. The average molecular weight is 372 g/mol.